The van der Waals surface area contributed by atoms with Crippen molar-refractivity contribution in [3.8, 4) is 0 Å². The highest BCUT2D eigenvalue weighted by molar-refractivity contribution is 7.89. The molecule has 0 saturated carbocycles. The van der Waals surface area contributed by atoms with Gasteiger partial charge in [-0.3, -0.25) is 4.79 Å². The largest absolute Gasteiger partial charge is 0.480 e. The second kappa shape index (κ2) is 4.83. The second-order valence-corrected chi connectivity index (χ2v) is 5.91. The van der Waals surface area contributed by atoms with Crippen molar-refractivity contribution in [2.75, 3.05) is 6.54 Å². The number of hydrogen-bond donors (Lipinski definition) is 2. The number of aliphatic carboxylic acids is 1. The first-order chi connectivity index (χ1) is 8.84. The molecule has 2 heterocycles. The van der Waals surface area contributed by atoms with Crippen LogP contribution in [0.25, 0.3) is 0 Å². The Hall–Kier alpha value is -1.58. The number of hydrogen-bond acceptors (Lipinski definition) is 5. The van der Waals surface area contributed by atoms with Gasteiger partial charge in [0.05, 0.1) is 6.10 Å². The Morgan fingerprint density at radius 1 is 1.53 bits per heavy atom. The van der Waals surface area contributed by atoms with Gasteiger partial charge >= 0.3 is 5.97 Å². The van der Waals surface area contributed by atoms with Crippen LogP contribution in [0.15, 0.2) is 23.4 Å². The van der Waals surface area contributed by atoms with Crippen molar-refractivity contribution < 1.29 is 27.8 Å². The van der Waals surface area contributed by atoms with Crippen LogP contribution in [0.5, 0.6) is 0 Å². The topological polar surface area (TPSA) is 108 Å². The number of carboxylic acids is 1. The maximum atomic E-state index is 13.5. The molecule has 0 aliphatic carbocycles. The number of nitrogens with zero attached hydrogens (tertiary/aromatic N) is 2. The van der Waals surface area contributed by atoms with E-state index < -0.39 is 45.5 Å². The highest BCUT2D eigenvalue weighted by Gasteiger charge is 2.44. The number of halogens is 1. The summed E-state index contributed by atoms with van der Waals surface area (Å²) in [6, 6.07) is 0.728. The third-order valence-corrected chi connectivity index (χ3v) is 4.61. The summed E-state index contributed by atoms with van der Waals surface area (Å²) in [5.41, 5.74) is 0. The molecule has 0 bridgehead atoms. The Morgan fingerprint density at radius 2 is 2.21 bits per heavy atom. The van der Waals surface area contributed by atoms with E-state index in [-0.39, 0.29) is 6.42 Å². The molecule has 104 valence electrons. The van der Waals surface area contributed by atoms with Crippen molar-refractivity contribution in [3.63, 3.8) is 0 Å². The lowest BCUT2D eigenvalue weighted by Crippen LogP contribution is -2.41. The van der Waals surface area contributed by atoms with E-state index in [1.54, 1.807) is 0 Å². The molecule has 0 spiro atoms. The minimum absolute atomic E-state index is 0.233. The maximum absolute atomic E-state index is 13.5. The zero-order valence-corrected chi connectivity index (χ0v) is 10.4. The van der Waals surface area contributed by atoms with E-state index in [4.69, 9.17) is 5.11 Å². The Balaban J connectivity index is 2.45. The van der Waals surface area contributed by atoms with Crippen LogP contribution < -0.4 is 0 Å². The lowest BCUT2D eigenvalue weighted by atomic mass is 10.2. The molecule has 2 N–H and O–H groups in total. The number of pyridine rings is 1. The van der Waals surface area contributed by atoms with Crippen molar-refractivity contribution in [1.29, 1.82) is 0 Å². The first-order valence-electron chi connectivity index (χ1n) is 5.37. The molecule has 1 fully saturated rings. The molecule has 1 aromatic rings. The SMILES string of the molecule is O=C(O)[C@@H]1C[C@H](O)CN1S(=O)(=O)c1ncccc1F. The van der Waals surface area contributed by atoms with Gasteiger partial charge in [-0.25, -0.2) is 17.8 Å². The normalized spacial score (nSPS) is 24.5. The molecule has 9 heteroatoms. The Labute approximate surface area is 108 Å². The van der Waals surface area contributed by atoms with Gasteiger partial charge in [0.25, 0.3) is 10.0 Å². The fourth-order valence-corrected chi connectivity index (χ4v) is 3.56. The van der Waals surface area contributed by atoms with Gasteiger partial charge in [-0.05, 0) is 12.1 Å². The minimum Gasteiger partial charge on any atom is -0.480 e. The van der Waals surface area contributed by atoms with Crippen LogP contribution in [0.2, 0.25) is 0 Å². The standard InChI is InChI=1S/C10H11FN2O5S/c11-7-2-1-3-12-9(7)19(17,18)13-5-6(14)4-8(13)10(15)16/h1-3,6,8,14H,4-5H2,(H,15,16)/t6-,8-/m0/s1. The van der Waals surface area contributed by atoms with Crippen molar-refractivity contribution in [3.05, 3.63) is 24.1 Å². The summed E-state index contributed by atoms with van der Waals surface area (Å²) in [5.74, 6) is -2.45. The number of aliphatic hydroxyl groups is 1. The molecule has 7 nitrogen and oxygen atoms in total. The Kier molecular flexibility index (Phi) is 3.52. The van der Waals surface area contributed by atoms with E-state index in [1.807, 2.05) is 0 Å². The molecule has 0 aromatic carbocycles. The van der Waals surface area contributed by atoms with E-state index in [1.165, 1.54) is 6.07 Å². The van der Waals surface area contributed by atoms with Gasteiger partial charge in [-0.2, -0.15) is 4.31 Å². The summed E-state index contributed by atoms with van der Waals surface area (Å²) < 4.78 is 38.4. The average molecular weight is 290 g/mol. The molecule has 0 unspecified atom stereocenters. The second-order valence-electron chi connectivity index (χ2n) is 4.11. The van der Waals surface area contributed by atoms with E-state index in [9.17, 15) is 22.7 Å². The molecule has 1 aliphatic rings. The van der Waals surface area contributed by atoms with Gasteiger partial charge in [0.1, 0.15) is 6.04 Å². The monoisotopic (exact) mass is 290 g/mol. The van der Waals surface area contributed by atoms with Crippen LogP contribution in [0.3, 0.4) is 0 Å². The van der Waals surface area contributed by atoms with Crippen molar-refractivity contribution in [2.45, 2.75) is 23.6 Å². The number of aromatic nitrogens is 1. The minimum atomic E-state index is -4.39. The van der Waals surface area contributed by atoms with E-state index in [2.05, 4.69) is 4.98 Å². The molecule has 0 amide bonds. The van der Waals surface area contributed by atoms with Crippen molar-refractivity contribution >= 4 is 16.0 Å². The zero-order valence-electron chi connectivity index (χ0n) is 9.60. The molecule has 1 aromatic heterocycles. The van der Waals surface area contributed by atoms with E-state index in [0.29, 0.717) is 4.31 Å². The first-order valence-corrected chi connectivity index (χ1v) is 6.81. The number of carbonyl (C=O) groups is 1. The average Bonchev–Trinajstić information content (AvgIpc) is 2.72. The van der Waals surface area contributed by atoms with Crippen LogP contribution in [-0.2, 0) is 14.8 Å². The highest BCUT2D eigenvalue weighted by Crippen LogP contribution is 2.26. The van der Waals surface area contributed by atoms with Crippen LogP contribution >= 0.6 is 0 Å². The Bertz CT molecular complexity index is 606. The van der Waals surface area contributed by atoms with Crippen LogP contribution in [0.4, 0.5) is 4.39 Å². The highest BCUT2D eigenvalue weighted by atomic mass is 32.2. The van der Waals surface area contributed by atoms with E-state index in [0.717, 1.165) is 12.3 Å². The quantitative estimate of drug-likeness (QED) is 0.772. The summed E-state index contributed by atoms with van der Waals surface area (Å²) >= 11 is 0. The number of rotatable bonds is 3. The third-order valence-electron chi connectivity index (χ3n) is 2.80. The third kappa shape index (κ3) is 2.44. The summed E-state index contributed by atoms with van der Waals surface area (Å²) in [4.78, 5) is 14.4. The summed E-state index contributed by atoms with van der Waals surface area (Å²) in [7, 11) is -4.39. The number of sulfonamides is 1. The van der Waals surface area contributed by atoms with E-state index >= 15 is 0 Å². The summed E-state index contributed by atoms with van der Waals surface area (Å²) in [6.45, 7) is -0.394. The van der Waals surface area contributed by atoms with Gasteiger partial charge in [0, 0.05) is 19.2 Å². The number of carboxylic acid groups (broad SMARTS) is 1. The predicted octanol–water partition coefficient (Wildman–Crippen LogP) is -0.571. The van der Waals surface area contributed by atoms with Crippen LogP contribution in [-0.4, -0.2) is 52.6 Å². The smallest absolute Gasteiger partial charge is 0.322 e. The van der Waals surface area contributed by atoms with Crippen molar-refractivity contribution in [1.82, 2.24) is 9.29 Å². The lowest BCUT2D eigenvalue weighted by molar-refractivity contribution is -0.140. The van der Waals surface area contributed by atoms with Gasteiger partial charge in [-0.15, -0.1) is 0 Å². The van der Waals surface area contributed by atoms with Crippen molar-refractivity contribution in [2.24, 2.45) is 0 Å². The van der Waals surface area contributed by atoms with Gasteiger partial charge < -0.3 is 10.2 Å². The molecule has 1 aliphatic heterocycles. The predicted molar refractivity (Wildman–Crippen MR) is 60.1 cm³/mol. The molecule has 2 rings (SSSR count). The van der Waals surface area contributed by atoms with Gasteiger partial charge in [0.2, 0.25) is 5.03 Å². The Morgan fingerprint density at radius 3 is 2.79 bits per heavy atom. The van der Waals surface area contributed by atoms with Crippen LogP contribution in [0, 0.1) is 5.82 Å². The number of aliphatic hydroxyl groups excluding tert-OH is 1. The van der Waals surface area contributed by atoms with Crippen LogP contribution in [0.1, 0.15) is 6.42 Å². The molecule has 2 atom stereocenters. The molecular formula is C10H11FN2O5S. The fraction of sp³-hybridized carbons (Fsp3) is 0.400. The fourth-order valence-electron chi connectivity index (χ4n) is 1.95. The lowest BCUT2D eigenvalue weighted by Gasteiger charge is -2.20. The zero-order chi connectivity index (χ0) is 14.2. The molecule has 19 heavy (non-hydrogen) atoms. The molecule has 1 saturated heterocycles. The summed E-state index contributed by atoms with van der Waals surface area (Å²) in [6.07, 6.45) is -0.232. The maximum Gasteiger partial charge on any atom is 0.322 e. The molecular weight excluding hydrogens is 279 g/mol. The first kappa shape index (κ1) is 13.8. The van der Waals surface area contributed by atoms with Gasteiger partial charge in [0.15, 0.2) is 5.82 Å². The molecule has 0 radical (unpaired) electrons. The summed E-state index contributed by atoms with van der Waals surface area (Å²) in [5, 5.41) is 17.5. The van der Waals surface area contributed by atoms with Gasteiger partial charge in [-0.1, -0.05) is 0 Å². The number of β-amino-alcohol motifs (C(OH)–C–C–N with tert-alkyl or cyclic N) is 1.